The van der Waals surface area contributed by atoms with Crippen molar-refractivity contribution >= 4 is 15.9 Å². The summed E-state index contributed by atoms with van der Waals surface area (Å²) < 4.78 is 14.4. The second kappa shape index (κ2) is 4.67. The zero-order valence-corrected chi connectivity index (χ0v) is 11.7. The van der Waals surface area contributed by atoms with Gasteiger partial charge in [0.15, 0.2) is 0 Å². The fourth-order valence-corrected chi connectivity index (χ4v) is 2.52. The molecule has 0 aliphatic carbocycles. The van der Waals surface area contributed by atoms with Crippen LogP contribution in [0.2, 0.25) is 0 Å². The lowest BCUT2D eigenvalue weighted by Gasteiger charge is -2.49. The quantitative estimate of drug-likeness (QED) is 0.928. The number of benzene rings is 1. The summed E-state index contributed by atoms with van der Waals surface area (Å²) in [5.41, 5.74) is 0.0767. The summed E-state index contributed by atoms with van der Waals surface area (Å²) in [4.78, 5) is 2.06. The van der Waals surface area contributed by atoms with Gasteiger partial charge in [-0.05, 0) is 24.1 Å². The monoisotopic (exact) mass is 301 g/mol. The highest BCUT2D eigenvalue weighted by Crippen LogP contribution is 2.30. The molecule has 0 radical (unpaired) electrons. The maximum Gasteiger partial charge on any atom is 0.127 e. The molecule has 1 N–H and O–H groups in total. The van der Waals surface area contributed by atoms with Gasteiger partial charge < -0.3 is 5.11 Å². The number of hydrogen-bond donors (Lipinski definition) is 1. The normalized spacial score (nSPS) is 19.4. The molecular formula is C13H17BrFNO. The van der Waals surface area contributed by atoms with E-state index < -0.39 is 5.60 Å². The van der Waals surface area contributed by atoms with Gasteiger partial charge in [-0.2, -0.15) is 0 Å². The van der Waals surface area contributed by atoms with Gasteiger partial charge in [0.25, 0.3) is 0 Å². The number of hydrogen-bond acceptors (Lipinski definition) is 2. The number of aliphatic hydroxyl groups is 1. The third kappa shape index (κ3) is 2.69. The highest BCUT2D eigenvalue weighted by atomic mass is 79.9. The molecule has 17 heavy (non-hydrogen) atoms. The van der Waals surface area contributed by atoms with Crippen molar-refractivity contribution in [1.82, 2.24) is 4.90 Å². The number of rotatable bonds is 3. The first-order chi connectivity index (χ1) is 7.90. The van der Waals surface area contributed by atoms with E-state index in [0.29, 0.717) is 25.2 Å². The molecule has 1 heterocycles. The number of halogens is 2. The molecule has 0 unspecified atom stereocenters. The van der Waals surface area contributed by atoms with Gasteiger partial charge in [0, 0.05) is 29.7 Å². The van der Waals surface area contributed by atoms with Gasteiger partial charge in [0.05, 0.1) is 5.60 Å². The van der Waals surface area contributed by atoms with Crippen LogP contribution in [0.15, 0.2) is 22.7 Å². The zero-order chi connectivity index (χ0) is 12.6. The fraction of sp³-hybridized carbons (Fsp3) is 0.538. The first-order valence-corrected chi connectivity index (χ1v) is 6.59. The summed E-state index contributed by atoms with van der Waals surface area (Å²) in [6, 6.07) is 4.95. The number of likely N-dealkylation sites (tertiary alicyclic amines) is 1. The molecule has 1 aromatic carbocycles. The average molecular weight is 302 g/mol. The molecule has 1 aliphatic heterocycles. The smallest absolute Gasteiger partial charge is 0.127 e. The number of β-amino-alcohol motifs (C(OH)–C–C–N with tert-alkyl or cyclic N) is 1. The van der Waals surface area contributed by atoms with Crippen LogP contribution < -0.4 is 0 Å². The van der Waals surface area contributed by atoms with Crippen molar-refractivity contribution in [3.8, 4) is 0 Å². The van der Waals surface area contributed by atoms with Crippen LogP contribution in [0.1, 0.15) is 19.4 Å². The van der Waals surface area contributed by atoms with E-state index in [1.807, 2.05) is 13.8 Å². The van der Waals surface area contributed by atoms with E-state index in [9.17, 15) is 9.50 Å². The molecule has 1 fully saturated rings. The van der Waals surface area contributed by atoms with Crippen molar-refractivity contribution in [1.29, 1.82) is 0 Å². The minimum absolute atomic E-state index is 0.187. The molecule has 2 rings (SSSR count). The fourth-order valence-electron chi connectivity index (χ4n) is 2.11. The van der Waals surface area contributed by atoms with E-state index in [4.69, 9.17) is 0 Å². The molecule has 1 aliphatic rings. The molecule has 0 spiro atoms. The third-order valence-corrected chi connectivity index (χ3v) is 3.96. The minimum atomic E-state index is -0.595. The van der Waals surface area contributed by atoms with Gasteiger partial charge in [-0.25, -0.2) is 4.39 Å². The van der Waals surface area contributed by atoms with Gasteiger partial charge in [0.2, 0.25) is 0 Å². The van der Waals surface area contributed by atoms with Crippen molar-refractivity contribution < 1.29 is 9.50 Å². The summed E-state index contributed by atoms with van der Waals surface area (Å²) in [6.07, 6.45) is 0. The molecule has 94 valence electrons. The van der Waals surface area contributed by atoms with Crippen LogP contribution in [0.3, 0.4) is 0 Å². The average Bonchev–Trinajstić information content (AvgIpc) is 2.20. The standard InChI is InChI=1S/C13H17BrFNO/c1-9(2)13(17)7-16(8-13)6-10-5-11(14)3-4-12(10)15/h3-5,9,17H,6-8H2,1-2H3. The van der Waals surface area contributed by atoms with Crippen LogP contribution in [-0.2, 0) is 6.54 Å². The molecular weight excluding hydrogens is 285 g/mol. The van der Waals surface area contributed by atoms with E-state index in [2.05, 4.69) is 20.8 Å². The molecule has 1 aromatic rings. The Bertz CT molecular complexity index is 416. The topological polar surface area (TPSA) is 23.5 Å². The summed E-state index contributed by atoms with van der Waals surface area (Å²) in [5.74, 6) is 0.0549. The van der Waals surface area contributed by atoms with Crippen molar-refractivity contribution in [3.05, 3.63) is 34.1 Å². The van der Waals surface area contributed by atoms with E-state index in [0.717, 1.165) is 4.47 Å². The molecule has 0 amide bonds. The Morgan fingerprint density at radius 2 is 2.12 bits per heavy atom. The molecule has 0 saturated carbocycles. The molecule has 0 bridgehead atoms. The van der Waals surface area contributed by atoms with Crippen LogP contribution >= 0.6 is 15.9 Å². The Kier molecular flexibility index (Phi) is 3.57. The Labute approximate surface area is 110 Å². The molecule has 0 aromatic heterocycles. The maximum absolute atomic E-state index is 13.5. The Morgan fingerprint density at radius 3 is 2.71 bits per heavy atom. The van der Waals surface area contributed by atoms with Gasteiger partial charge >= 0.3 is 0 Å². The van der Waals surface area contributed by atoms with Crippen LogP contribution in [0.25, 0.3) is 0 Å². The third-order valence-electron chi connectivity index (χ3n) is 3.47. The van der Waals surface area contributed by atoms with Crippen LogP contribution in [0.4, 0.5) is 4.39 Å². The predicted molar refractivity (Wildman–Crippen MR) is 69.2 cm³/mol. The molecule has 2 nitrogen and oxygen atoms in total. The summed E-state index contributed by atoms with van der Waals surface area (Å²) in [7, 11) is 0. The predicted octanol–water partition coefficient (Wildman–Crippen LogP) is 2.79. The molecule has 4 heteroatoms. The van der Waals surface area contributed by atoms with Gasteiger partial charge in [-0.1, -0.05) is 29.8 Å². The second-order valence-electron chi connectivity index (χ2n) is 5.14. The Balaban J connectivity index is 1.98. The summed E-state index contributed by atoms with van der Waals surface area (Å²) >= 11 is 3.34. The molecule has 0 atom stereocenters. The molecule has 1 saturated heterocycles. The van der Waals surface area contributed by atoms with Gasteiger partial charge in [-0.3, -0.25) is 4.90 Å². The zero-order valence-electron chi connectivity index (χ0n) is 10.1. The first-order valence-electron chi connectivity index (χ1n) is 5.79. The van der Waals surface area contributed by atoms with E-state index in [1.54, 1.807) is 12.1 Å². The van der Waals surface area contributed by atoms with Crippen LogP contribution in [0.5, 0.6) is 0 Å². The lowest BCUT2D eigenvalue weighted by atomic mass is 9.83. The Morgan fingerprint density at radius 1 is 1.47 bits per heavy atom. The van der Waals surface area contributed by atoms with Crippen molar-refractivity contribution in [2.75, 3.05) is 13.1 Å². The lowest BCUT2D eigenvalue weighted by molar-refractivity contribution is -0.131. The van der Waals surface area contributed by atoms with Crippen molar-refractivity contribution in [2.24, 2.45) is 5.92 Å². The summed E-state index contributed by atoms with van der Waals surface area (Å²) in [6.45, 7) is 5.82. The summed E-state index contributed by atoms with van der Waals surface area (Å²) in [5, 5.41) is 10.1. The van der Waals surface area contributed by atoms with E-state index >= 15 is 0 Å². The van der Waals surface area contributed by atoms with Gasteiger partial charge in [0.1, 0.15) is 5.82 Å². The lowest BCUT2D eigenvalue weighted by Crippen LogP contribution is -2.63. The first kappa shape index (κ1) is 13.0. The van der Waals surface area contributed by atoms with Gasteiger partial charge in [-0.15, -0.1) is 0 Å². The van der Waals surface area contributed by atoms with E-state index in [-0.39, 0.29) is 11.7 Å². The highest BCUT2D eigenvalue weighted by molar-refractivity contribution is 9.10. The second-order valence-corrected chi connectivity index (χ2v) is 6.05. The Hall–Kier alpha value is -0.450. The SMILES string of the molecule is CC(C)C1(O)CN(Cc2cc(Br)ccc2F)C1. The van der Waals surface area contributed by atoms with Crippen LogP contribution in [0, 0.1) is 11.7 Å². The van der Waals surface area contributed by atoms with Crippen LogP contribution in [-0.4, -0.2) is 28.7 Å². The van der Waals surface area contributed by atoms with Crippen molar-refractivity contribution in [3.63, 3.8) is 0 Å². The van der Waals surface area contributed by atoms with Crippen molar-refractivity contribution in [2.45, 2.75) is 26.0 Å². The highest BCUT2D eigenvalue weighted by Gasteiger charge is 2.43. The maximum atomic E-state index is 13.5. The largest absolute Gasteiger partial charge is 0.387 e. The van der Waals surface area contributed by atoms with E-state index in [1.165, 1.54) is 6.07 Å². The number of nitrogens with zero attached hydrogens (tertiary/aromatic N) is 1. The minimum Gasteiger partial charge on any atom is -0.387 e.